The van der Waals surface area contributed by atoms with Crippen LogP contribution in [0.4, 0.5) is 5.69 Å². The molecule has 1 aromatic carbocycles. The first-order valence-corrected chi connectivity index (χ1v) is 8.08. The summed E-state index contributed by atoms with van der Waals surface area (Å²) in [6.45, 7) is 2.99. The molecule has 1 fully saturated rings. The van der Waals surface area contributed by atoms with E-state index >= 15 is 0 Å². The van der Waals surface area contributed by atoms with Crippen molar-refractivity contribution in [1.29, 1.82) is 0 Å². The highest BCUT2D eigenvalue weighted by molar-refractivity contribution is 7.90. The molecule has 1 heterocycles. The Morgan fingerprint density at radius 2 is 1.95 bits per heavy atom. The SMILES string of the molecule is CC1CCN(S(=O)(=O)Nc2ccc(C(=O)O)c(O)c2)CC1. The minimum absolute atomic E-state index is 0.135. The third-order valence-corrected chi connectivity index (χ3v) is 5.10. The number of anilines is 1. The van der Waals surface area contributed by atoms with Crippen molar-refractivity contribution in [2.24, 2.45) is 5.92 Å². The molecule has 1 aliphatic rings. The van der Waals surface area contributed by atoms with Crippen LogP contribution in [0.5, 0.6) is 5.75 Å². The zero-order chi connectivity index (χ0) is 15.6. The topological polar surface area (TPSA) is 107 Å². The average Bonchev–Trinajstić information content (AvgIpc) is 2.38. The highest BCUT2D eigenvalue weighted by atomic mass is 32.2. The van der Waals surface area contributed by atoms with Gasteiger partial charge in [-0.25, -0.2) is 4.79 Å². The van der Waals surface area contributed by atoms with Crippen molar-refractivity contribution < 1.29 is 23.4 Å². The van der Waals surface area contributed by atoms with Gasteiger partial charge in [0.2, 0.25) is 0 Å². The molecule has 3 N–H and O–H groups in total. The van der Waals surface area contributed by atoms with Gasteiger partial charge in [-0.05, 0) is 30.9 Å². The molecule has 0 aliphatic carbocycles. The molecule has 21 heavy (non-hydrogen) atoms. The van der Waals surface area contributed by atoms with Crippen molar-refractivity contribution in [2.45, 2.75) is 19.8 Å². The van der Waals surface area contributed by atoms with E-state index in [1.807, 2.05) is 0 Å². The van der Waals surface area contributed by atoms with Gasteiger partial charge in [0.05, 0.1) is 5.69 Å². The fraction of sp³-hybridized carbons (Fsp3) is 0.462. The molecule has 0 amide bonds. The Kier molecular flexibility index (Phi) is 4.38. The van der Waals surface area contributed by atoms with Crippen LogP contribution in [0.1, 0.15) is 30.1 Å². The maximum atomic E-state index is 12.2. The smallest absolute Gasteiger partial charge is 0.339 e. The minimum atomic E-state index is -3.68. The number of carboxylic acid groups (broad SMARTS) is 1. The van der Waals surface area contributed by atoms with Crippen molar-refractivity contribution in [3.63, 3.8) is 0 Å². The van der Waals surface area contributed by atoms with Crippen molar-refractivity contribution in [3.05, 3.63) is 23.8 Å². The quantitative estimate of drug-likeness (QED) is 0.780. The first-order valence-electron chi connectivity index (χ1n) is 6.64. The number of benzene rings is 1. The van der Waals surface area contributed by atoms with Gasteiger partial charge in [-0.15, -0.1) is 0 Å². The van der Waals surface area contributed by atoms with Gasteiger partial charge >= 0.3 is 16.2 Å². The number of phenols is 1. The third-order valence-electron chi connectivity index (χ3n) is 3.56. The maximum absolute atomic E-state index is 12.2. The molecule has 0 aromatic heterocycles. The summed E-state index contributed by atoms with van der Waals surface area (Å²) in [6.07, 6.45) is 1.62. The summed E-state index contributed by atoms with van der Waals surface area (Å²) in [6, 6.07) is 3.56. The first kappa shape index (κ1) is 15.6. The van der Waals surface area contributed by atoms with Crippen molar-refractivity contribution in [3.8, 4) is 5.75 Å². The highest BCUT2D eigenvalue weighted by Gasteiger charge is 2.26. The molecule has 0 atom stereocenters. The molecule has 0 unspecified atom stereocenters. The monoisotopic (exact) mass is 314 g/mol. The molecule has 1 aromatic rings. The lowest BCUT2D eigenvalue weighted by molar-refractivity contribution is 0.0694. The maximum Gasteiger partial charge on any atom is 0.339 e. The molecule has 1 aliphatic heterocycles. The number of nitrogens with one attached hydrogen (secondary N) is 1. The Hall–Kier alpha value is -1.80. The predicted molar refractivity (Wildman–Crippen MR) is 77.6 cm³/mol. The second kappa shape index (κ2) is 5.90. The Balaban J connectivity index is 2.13. The van der Waals surface area contributed by atoms with Gasteiger partial charge in [-0.1, -0.05) is 6.92 Å². The summed E-state index contributed by atoms with van der Waals surface area (Å²) in [5.41, 5.74) is -0.138. The molecular formula is C13H18N2O5S. The van der Waals surface area contributed by atoms with E-state index in [0.717, 1.165) is 25.0 Å². The van der Waals surface area contributed by atoms with Crippen LogP contribution in [0.15, 0.2) is 18.2 Å². The van der Waals surface area contributed by atoms with Gasteiger partial charge in [-0.3, -0.25) is 4.72 Å². The van der Waals surface area contributed by atoms with Crippen LogP contribution in [0, 0.1) is 5.92 Å². The van der Waals surface area contributed by atoms with Crippen LogP contribution in [0.2, 0.25) is 0 Å². The third kappa shape index (κ3) is 3.64. The summed E-state index contributed by atoms with van der Waals surface area (Å²) in [7, 11) is -3.68. The molecule has 7 nitrogen and oxygen atoms in total. The second-order valence-corrected chi connectivity index (χ2v) is 6.90. The van der Waals surface area contributed by atoms with E-state index in [4.69, 9.17) is 5.11 Å². The summed E-state index contributed by atoms with van der Waals surface area (Å²) in [4.78, 5) is 10.8. The van der Waals surface area contributed by atoms with Crippen LogP contribution in [0.3, 0.4) is 0 Å². The van der Waals surface area contributed by atoms with Crippen molar-refractivity contribution >= 4 is 21.9 Å². The Labute approximate surface area is 123 Å². The summed E-state index contributed by atoms with van der Waals surface area (Å²) < 4.78 is 28.1. The summed E-state index contributed by atoms with van der Waals surface area (Å²) >= 11 is 0. The number of aromatic carboxylic acids is 1. The molecule has 116 valence electrons. The molecule has 0 radical (unpaired) electrons. The van der Waals surface area contributed by atoms with E-state index in [1.54, 1.807) is 0 Å². The number of carboxylic acids is 1. The fourth-order valence-electron chi connectivity index (χ4n) is 2.21. The molecular weight excluding hydrogens is 296 g/mol. The first-order chi connectivity index (χ1) is 9.79. The van der Waals surface area contributed by atoms with Crippen LogP contribution in [-0.2, 0) is 10.2 Å². The molecule has 0 saturated carbocycles. The van der Waals surface area contributed by atoms with E-state index in [0.29, 0.717) is 19.0 Å². The molecule has 2 rings (SSSR count). The van der Waals surface area contributed by atoms with Crippen molar-refractivity contribution in [1.82, 2.24) is 4.31 Å². The Morgan fingerprint density at radius 1 is 1.33 bits per heavy atom. The van der Waals surface area contributed by atoms with Gasteiger partial charge in [0.1, 0.15) is 11.3 Å². The zero-order valence-corrected chi connectivity index (χ0v) is 12.4. The van der Waals surface area contributed by atoms with E-state index in [1.165, 1.54) is 10.4 Å². The number of carbonyl (C=O) groups is 1. The molecule has 0 bridgehead atoms. The lowest BCUT2D eigenvalue weighted by atomic mass is 10.0. The fourth-order valence-corrected chi connectivity index (χ4v) is 3.46. The van der Waals surface area contributed by atoms with Gasteiger partial charge in [-0.2, -0.15) is 12.7 Å². The number of nitrogens with zero attached hydrogens (tertiary/aromatic N) is 1. The van der Waals surface area contributed by atoms with Crippen molar-refractivity contribution in [2.75, 3.05) is 17.8 Å². The number of hydrogen-bond acceptors (Lipinski definition) is 4. The van der Waals surface area contributed by atoms with Crippen LogP contribution in [-0.4, -0.2) is 42.0 Å². The van der Waals surface area contributed by atoms with Gasteiger partial charge in [0, 0.05) is 19.2 Å². The Morgan fingerprint density at radius 3 is 2.48 bits per heavy atom. The largest absolute Gasteiger partial charge is 0.507 e. The van der Waals surface area contributed by atoms with Gasteiger partial charge in [0.15, 0.2) is 0 Å². The normalized spacial score (nSPS) is 17.6. The number of piperidine rings is 1. The molecule has 8 heteroatoms. The average molecular weight is 314 g/mol. The number of aromatic hydroxyl groups is 1. The predicted octanol–water partition coefficient (Wildman–Crippen LogP) is 1.48. The van der Waals surface area contributed by atoms with E-state index in [-0.39, 0.29) is 11.3 Å². The van der Waals surface area contributed by atoms with E-state index in [9.17, 15) is 18.3 Å². The van der Waals surface area contributed by atoms with E-state index < -0.39 is 21.9 Å². The lowest BCUT2D eigenvalue weighted by Crippen LogP contribution is -2.41. The van der Waals surface area contributed by atoms with Crippen LogP contribution >= 0.6 is 0 Å². The Bertz CT molecular complexity index is 636. The van der Waals surface area contributed by atoms with Gasteiger partial charge < -0.3 is 10.2 Å². The number of rotatable bonds is 4. The summed E-state index contributed by atoms with van der Waals surface area (Å²) in [5, 5.41) is 18.4. The van der Waals surface area contributed by atoms with Crippen LogP contribution in [0.25, 0.3) is 0 Å². The summed E-state index contributed by atoms with van der Waals surface area (Å²) in [5.74, 6) is -1.24. The lowest BCUT2D eigenvalue weighted by Gasteiger charge is -2.29. The van der Waals surface area contributed by atoms with E-state index in [2.05, 4.69) is 11.6 Å². The highest BCUT2D eigenvalue weighted by Crippen LogP contribution is 2.24. The van der Waals surface area contributed by atoms with Gasteiger partial charge in [0.25, 0.3) is 0 Å². The molecule has 0 spiro atoms. The standard InChI is InChI=1S/C13H18N2O5S/c1-9-4-6-15(7-5-9)21(19,20)14-10-2-3-11(13(17)18)12(16)8-10/h2-3,8-9,14,16H,4-7H2,1H3,(H,17,18). The van der Waals surface area contributed by atoms with Crippen LogP contribution < -0.4 is 4.72 Å². The zero-order valence-electron chi connectivity index (χ0n) is 11.6. The second-order valence-electron chi connectivity index (χ2n) is 5.23. The molecule has 1 saturated heterocycles. The minimum Gasteiger partial charge on any atom is -0.507 e. The number of hydrogen-bond donors (Lipinski definition) is 3.